The van der Waals surface area contributed by atoms with Crippen LogP contribution in [-0.2, 0) is 0 Å². The van der Waals surface area contributed by atoms with Crippen LogP contribution in [0.15, 0.2) is 176 Å². The number of fused-ring (bicyclic) bond motifs is 4. The Balaban J connectivity index is 1.28. The minimum absolute atomic E-state index is 1.12. The highest BCUT2D eigenvalue weighted by Crippen LogP contribution is 2.40. The Labute approximate surface area is 251 Å². The van der Waals surface area contributed by atoms with Gasteiger partial charge < -0.3 is 4.90 Å². The number of nitrogens with zero attached hydrogens (tertiary/aromatic N) is 1. The molecule has 0 amide bonds. The Bertz CT molecular complexity index is 2250. The van der Waals surface area contributed by atoms with Crippen LogP contribution in [0.4, 0.5) is 17.1 Å². The summed E-state index contributed by atoms with van der Waals surface area (Å²) in [5.41, 5.74) is 8.22. The predicted octanol–water partition coefficient (Wildman–Crippen LogP) is 11.9. The predicted molar refractivity (Wildman–Crippen MR) is 185 cm³/mol. The third-order valence-corrected chi connectivity index (χ3v) is 8.38. The van der Waals surface area contributed by atoms with Crippen molar-refractivity contribution in [3.63, 3.8) is 0 Å². The highest BCUT2D eigenvalue weighted by Gasteiger charge is 2.15. The second-order valence-corrected chi connectivity index (χ2v) is 11.0. The summed E-state index contributed by atoms with van der Waals surface area (Å²) in [5.74, 6) is 0. The minimum atomic E-state index is 1.12. The van der Waals surface area contributed by atoms with Gasteiger partial charge in [0.2, 0.25) is 0 Å². The van der Waals surface area contributed by atoms with E-state index in [1.54, 1.807) is 0 Å². The van der Waals surface area contributed by atoms with Gasteiger partial charge in [-0.2, -0.15) is 0 Å². The molecule has 8 aromatic carbocycles. The molecule has 0 aliphatic carbocycles. The lowest BCUT2D eigenvalue weighted by Crippen LogP contribution is -2.10. The Kier molecular flexibility index (Phi) is 6.20. The maximum absolute atomic E-state index is 2.36. The molecule has 0 aliphatic heterocycles. The summed E-state index contributed by atoms with van der Waals surface area (Å²) in [6.45, 7) is 0. The van der Waals surface area contributed by atoms with Gasteiger partial charge in [-0.1, -0.05) is 127 Å². The summed E-state index contributed by atoms with van der Waals surface area (Å²) in [4.78, 5) is 2.36. The minimum Gasteiger partial charge on any atom is -0.310 e. The van der Waals surface area contributed by atoms with Gasteiger partial charge in [0.05, 0.1) is 0 Å². The third kappa shape index (κ3) is 4.62. The van der Waals surface area contributed by atoms with E-state index < -0.39 is 0 Å². The number of anilines is 3. The van der Waals surface area contributed by atoms with Crippen molar-refractivity contribution in [2.75, 3.05) is 4.90 Å². The molecule has 0 saturated carbocycles. The molecule has 0 saturated heterocycles. The van der Waals surface area contributed by atoms with E-state index in [0.29, 0.717) is 0 Å². The number of rotatable bonds is 5. The van der Waals surface area contributed by atoms with Gasteiger partial charge >= 0.3 is 0 Å². The van der Waals surface area contributed by atoms with Crippen molar-refractivity contribution in [2.45, 2.75) is 0 Å². The van der Waals surface area contributed by atoms with E-state index >= 15 is 0 Å². The van der Waals surface area contributed by atoms with Gasteiger partial charge in [0, 0.05) is 17.1 Å². The zero-order chi connectivity index (χ0) is 28.6. The van der Waals surface area contributed by atoms with Gasteiger partial charge in [-0.05, 0) is 103 Å². The van der Waals surface area contributed by atoms with Crippen molar-refractivity contribution in [3.05, 3.63) is 176 Å². The number of hydrogen-bond acceptors (Lipinski definition) is 1. The van der Waals surface area contributed by atoms with Gasteiger partial charge in [-0.25, -0.2) is 0 Å². The quantitative estimate of drug-likeness (QED) is 0.194. The van der Waals surface area contributed by atoms with Crippen LogP contribution in [0.1, 0.15) is 0 Å². The van der Waals surface area contributed by atoms with E-state index in [-0.39, 0.29) is 0 Å². The van der Waals surface area contributed by atoms with Gasteiger partial charge in [0.1, 0.15) is 0 Å². The first-order chi connectivity index (χ1) is 21.3. The van der Waals surface area contributed by atoms with E-state index in [1.165, 1.54) is 54.6 Å². The molecule has 202 valence electrons. The molecule has 8 aromatic rings. The smallest absolute Gasteiger partial charge is 0.0467 e. The van der Waals surface area contributed by atoms with Crippen molar-refractivity contribution < 1.29 is 0 Å². The van der Waals surface area contributed by atoms with Crippen LogP contribution in [0.3, 0.4) is 0 Å². The zero-order valence-corrected chi connectivity index (χ0v) is 23.7. The van der Waals surface area contributed by atoms with E-state index in [1.807, 2.05) is 0 Å². The Morgan fingerprint density at radius 3 is 1.63 bits per heavy atom. The van der Waals surface area contributed by atoms with Crippen molar-refractivity contribution in [1.82, 2.24) is 0 Å². The molecule has 8 rings (SSSR count). The lowest BCUT2D eigenvalue weighted by Gasteiger charge is -2.26. The third-order valence-electron chi connectivity index (χ3n) is 8.38. The normalized spacial score (nSPS) is 11.3. The van der Waals surface area contributed by atoms with Crippen LogP contribution >= 0.6 is 0 Å². The summed E-state index contributed by atoms with van der Waals surface area (Å²) in [5, 5.41) is 7.60. The summed E-state index contributed by atoms with van der Waals surface area (Å²) in [7, 11) is 0. The molecule has 0 aromatic heterocycles. The molecule has 0 fully saturated rings. The van der Waals surface area contributed by atoms with Crippen molar-refractivity contribution in [1.29, 1.82) is 0 Å². The molecule has 0 atom stereocenters. The van der Waals surface area contributed by atoms with Gasteiger partial charge in [-0.3, -0.25) is 0 Å². The van der Waals surface area contributed by atoms with Crippen LogP contribution in [0.5, 0.6) is 0 Å². The van der Waals surface area contributed by atoms with Crippen LogP contribution in [0.2, 0.25) is 0 Å². The van der Waals surface area contributed by atoms with Gasteiger partial charge in [-0.15, -0.1) is 0 Å². The summed E-state index contributed by atoms with van der Waals surface area (Å²) < 4.78 is 0. The molecule has 0 bridgehead atoms. The van der Waals surface area contributed by atoms with E-state index in [4.69, 9.17) is 0 Å². The Hall–Kier alpha value is -5.66. The fraction of sp³-hybridized carbons (Fsp3) is 0. The number of hydrogen-bond donors (Lipinski definition) is 0. The first-order valence-electron chi connectivity index (χ1n) is 14.8. The molecule has 0 N–H and O–H groups in total. The fourth-order valence-corrected chi connectivity index (χ4v) is 6.32. The van der Waals surface area contributed by atoms with Crippen LogP contribution < -0.4 is 4.90 Å². The zero-order valence-electron chi connectivity index (χ0n) is 23.7. The molecule has 1 nitrogen and oxygen atoms in total. The lowest BCUT2D eigenvalue weighted by atomic mass is 9.93. The molecule has 0 heterocycles. The van der Waals surface area contributed by atoms with Crippen LogP contribution in [-0.4, -0.2) is 0 Å². The highest BCUT2D eigenvalue weighted by atomic mass is 15.1. The summed E-state index contributed by atoms with van der Waals surface area (Å²) in [6.07, 6.45) is 0. The van der Waals surface area contributed by atoms with E-state index in [2.05, 4.69) is 181 Å². The number of para-hydroxylation sites is 1. The van der Waals surface area contributed by atoms with Crippen molar-refractivity contribution >= 4 is 49.4 Å². The molecular formula is C42H29N. The van der Waals surface area contributed by atoms with E-state index in [9.17, 15) is 0 Å². The lowest BCUT2D eigenvalue weighted by molar-refractivity contribution is 1.28. The first kappa shape index (κ1) is 25.1. The Morgan fingerprint density at radius 1 is 0.279 bits per heavy atom. The van der Waals surface area contributed by atoms with Crippen molar-refractivity contribution in [3.8, 4) is 22.3 Å². The van der Waals surface area contributed by atoms with Gasteiger partial charge in [0.25, 0.3) is 0 Å². The molecular weight excluding hydrogens is 518 g/mol. The van der Waals surface area contributed by atoms with Crippen molar-refractivity contribution in [2.24, 2.45) is 0 Å². The maximum Gasteiger partial charge on any atom is 0.0467 e. The molecule has 0 radical (unpaired) electrons. The second-order valence-electron chi connectivity index (χ2n) is 11.0. The fourth-order valence-electron chi connectivity index (χ4n) is 6.32. The molecule has 43 heavy (non-hydrogen) atoms. The molecule has 1 heteroatoms. The maximum atomic E-state index is 2.36. The molecule has 0 spiro atoms. The Morgan fingerprint density at radius 2 is 0.837 bits per heavy atom. The van der Waals surface area contributed by atoms with Crippen LogP contribution in [0, 0.1) is 0 Å². The average molecular weight is 548 g/mol. The monoisotopic (exact) mass is 547 g/mol. The van der Waals surface area contributed by atoms with Gasteiger partial charge in [0.15, 0.2) is 0 Å². The molecule has 0 unspecified atom stereocenters. The summed E-state index contributed by atoms with van der Waals surface area (Å²) in [6, 6.07) is 63.5. The largest absolute Gasteiger partial charge is 0.310 e. The molecule has 0 aliphatic rings. The highest BCUT2D eigenvalue weighted by molar-refractivity contribution is 6.13. The first-order valence-corrected chi connectivity index (χ1v) is 14.8. The standard InChI is InChI=1S/C42H29N/c1-2-17-36(18-3-1)43(37-19-10-15-32(27-37)33-25-24-30-12-4-5-13-31(30)26-33)38-20-11-16-34(28-38)42-29-35-14-6-7-21-39(35)40-22-8-9-23-41(40)42/h1-29H. The average Bonchev–Trinajstić information content (AvgIpc) is 3.08. The summed E-state index contributed by atoms with van der Waals surface area (Å²) >= 11 is 0. The van der Waals surface area contributed by atoms with Crippen LogP contribution in [0.25, 0.3) is 54.6 Å². The van der Waals surface area contributed by atoms with E-state index in [0.717, 1.165) is 17.1 Å². The topological polar surface area (TPSA) is 3.24 Å². The second kappa shape index (κ2) is 10.6. The SMILES string of the molecule is c1ccc(N(c2cccc(-c3ccc4ccccc4c3)c2)c2cccc(-c3cc4ccccc4c4ccccc34)c2)cc1. The number of benzene rings is 8.